The maximum Gasteiger partial charge on any atom is 0.346 e. The van der Waals surface area contributed by atoms with Crippen molar-refractivity contribution in [3.63, 3.8) is 0 Å². The average molecular weight is 229 g/mol. The van der Waals surface area contributed by atoms with Crippen LogP contribution in [0.3, 0.4) is 0 Å². The lowest BCUT2D eigenvalue weighted by Crippen LogP contribution is -2.29. The van der Waals surface area contributed by atoms with Gasteiger partial charge in [-0.25, -0.2) is 9.86 Å². The van der Waals surface area contributed by atoms with E-state index >= 15 is 0 Å². The second-order valence-corrected chi connectivity index (χ2v) is 4.19. The summed E-state index contributed by atoms with van der Waals surface area (Å²) in [6, 6.07) is 1.56. The molecule has 0 atom stereocenters. The highest BCUT2D eigenvalue weighted by molar-refractivity contribution is 7.10. The minimum absolute atomic E-state index is 0.309. The first-order valence-corrected chi connectivity index (χ1v) is 5.37. The number of hydroxylamine groups is 2. The Morgan fingerprint density at radius 3 is 2.80 bits per heavy atom. The van der Waals surface area contributed by atoms with Crippen LogP contribution in [0.25, 0.3) is 0 Å². The number of hydrogen-bond donors (Lipinski definition) is 1. The normalized spacial score (nSPS) is 10.5. The molecule has 1 aromatic heterocycles. The second kappa shape index (κ2) is 5.09. The summed E-state index contributed by atoms with van der Waals surface area (Å²) in [5.74, 6) is 0.368. The summed E-state index contributed by atoms with van der Waals surface area (Å²) in [7, 11) is 2.98. The zero-order valence-corrected chi connectivity index (χ0v) is 10.1. The van der Waals surface area contributed by atoms with Gasteiger partial charge in [0.05, 0.1) is 12.8 Å². The molecule has 0 unspecified atom stereocenters. The third kappa shape index (κ3) is 3.17. The van der Waals surface area contributed by atoms with E-state index in [9.17, 15) is 4.79 Å². The number of urea groups is 1. The van der Waals surface area contributed by atoms with Crippen molar-refractivity contribution in [2.24, 2.45) is 0 Å². The number of anilines is 1. The van der Waals surface area contributed by atoms with Gasteiger partial charge in [0, 0.05) is 7.05 Å². The first kappa shape index (κ1) is 11.9. The zero-order valence-electron chi connectivity index (χ0n) is 9.27. The predicted octanol–water partition coefficient (Wildman–Crippen LogP) is 2.29. The van der Waals surface area contributed by atoms with E-state index in [4.69, 9.17) is 4.84 Å². The molecular weight excluding hydrogens is 214 g/mol. The first-order valence-electron chi connectivity index (χ1n) is 4.60. The Kier molecular flexibility index (Phi) is 4.05. The Morgan fingerprint density at radius 2 is 2.33 bits per heavy atom. The molecule has 0 saturated carbocycles. The summed E-state index contributed by atoms with van der Waals surface area (Å²) in [5.41, 5.74) is 0.982. The fourth-order valence-corrected chi connectivity index (χ4v) is 1.66. The third-order valence-electron chi connectivity index (χ3n) is 1.91. The lowest BCUT2D eigenvalue weighted by molar-refractivity contribution is -0.0597. The van der Waals surface area contributed by atoms with E-state index in [1.807, 2.05) is 6.07 Å². The Bertz CT molecular complexity index is 338. The summed E-state index contributed by atoms with van der Waals surface area (Å²) in [6.07, 6.45) is 0. The highest BCUT2D eigenvalue weighted by Crippen LogP contribution is 2.22. The number of amides is 2. The van der Waals surface area contributed by atoms with Gasteiger partial charge in [-0.05, 0) is 23.5 Å². The zero-order chi connectivity index (χ0) is 11.4. The van der Waals surface area contributed by atoms with Crippen molar-refractivity contribution in [1.29, 1.82) is 0 Å². The van der Waals surface area contributed by atoms with E-state index in [1.54, 1.807) is 7.05 Å². The summed E-state index contributed by atoms with van der Waals surface area (Å²) in [4.78, 5) is 16.1. The van der Waals surface area contributed by atoms with E-state index in [-0.39, 0.29) is 6.03 Å². The van der Waals surface area contributed by atoms with Crippen LogP contribution in [0.2, 0.25) is 0 Å². The van der Waals surface area contributed by atoms with Gasteiger partial charge < -0.3 is 0 Å². The van der Waals surface area contributed by atoms with Gasteiger partial charge in [0.15, 0.2) is 0 Å². The van der Waals surface area contributed by atoms with Gasteiger partial charge in [0.25, 0.3) is 0 Å². The molecule has 1 aromatic rings. The van der Waals surface area contributed by atoms with Crippen molar-refractivity contribution in [2.75, 3.05) is 19.5 Å². The third-order valence-corrected chi connectivity index (χ3v) is 2.63. The highest BCUT2D eigenvalue weighted by atomic mass is 32.1. The Morgan fingerprint density at radius 1 is 1.67 bits per heavy atom. The molecule has 0 aromatic carbocycles. The van der Waals surface area contributed by atoms with Crippen LogP contribution >= 0.6 is 11.5 Å². The standard InChI is InChI=1S/C9H15N3O2S/c1-6(2)7-5-8(15-11-7)10-9(13)12(3)14-4/h5-6H,1-4H3,(H,10,13). The van der Waals surface area contributed by atoms with Crippen LogP contribution in [-0.4, -0.2) is 29.6 Å². The van der Waals surface area contributed by atoms with Crippen molar-refractivity contribution in [2.45, 2.75) is 19.8 Å². The quantitative estimate of drug-likeness (QED) is 0.809. The van der Waals surface area contributed by atoms with Crippen LogP contribution < -0.4 is 5.32 Å². The molecular formula is C9H15N3O2S. The Balaban J connectivity index is 2.61. The lowest BCUT2D eigenvalue weighted by Gasteiger charge is -2.12. The maximum absolute atomic E-state index is 11.4. The van der Waals surface area contributed by atoms with Gasteiger partial charge in [-0.1, -0.05) is 13.8 Å². The summed E-state index contributed by atoms with van der Waals surface area (Å²) in [5, 5.41) is 4.53. The minimum Gasteiger partial charge on any atom is -0.296 e. The number of nitrogens with one attached hydrogen (secondary N) is 1. The monoisotopic (exact) mass is 229 g/mol. The van der Waals surface area contributed by atoms with Gasteiger partial charge >= 0.3 is 6.03 Å². The van der Waals surface area contributed by atoms with Crippen LogP contribution in [0.4, 0.5) is 9.80 Å². The fraction of sp³-hybridized carbons (Fsp3) is 0.556. The van der Waals surface area contributed by atoms with Crippen LogP contribution in [0.5, 0.6) is 0 Å². The first-order chi connectivity index (χ1) is 7.04. The molecule has 84 valence electrons. The van der Waals surface area contributed by atoms with E-state index in [0.717, 1.165) is 15.8 Å². The number of carbonyl (C=O) groups excluding carboxylic acids is 1. The van der Waals surface area contributed by atoms with Crippen molar-refractivity contribution < 1.29 is 9.63 Å². The fourth-order valence-electron chi connectivity index (χ4n) is 0.887. The molecule has 0 saturated heterocycles. The summed E-state index contributed by atoms with van der Waals surface area (Å²) >= 11 is 1.27. The molecule has 0 aliphatic heterocycles. The minimum atomic E-state index is -0.309. The molecule has 1 N–H and O–H groups in total. The SMILES string of the molecule is CON(C)C(=O)Nc1cc(C(C)C)ns1. The lowest BCUT2D eigenvalue weighted by atomic mass is 10.1. The van der Waals surface area contributed by atoms with Crippen molar-refractivity contribution in [1.82, 2.24) is 9.44 Å². The topological polar surface area (TPSA) is 54.5 Å². The van der Waals surface area contributed by atoms with Crippen molar-refractivity contribution in [3.05, 3.63) is 11.8 Å². The smallest absolute Gasteiger partial charge is 0.296 e. The molecule has 2 amide bonds. The molecule has 1 rings (SSSR count). The summed E-state index contributed by atoms with van der Waals surface area (Å²) in [6.45, 7) is 4.11. The molecule has 6 heteroatoms. The predicted molar refractivity (Wildman–Crippen MR) is 60.0 cm³/mol. The molecule has 15 heavy (non-hydrogen) atoms. The van der Waals surface area contributed by atoms with Gasteiger partial charge in [0.1, 0.15) is 5.00 Å². The molecule has 0 radical (unpaired) electrons. The molecule has 5 nitrogen and oxygen atoms in total. The van der Waals surface area contributed by atoms with Gasteiger partial charge in [-0.2, -0.15) is 4.37 Å². The molecule has 0 fully saturated rings. The highest BCUT2D eigenvalue weighted by Gasteiger charge is 2.11. The molecule has 0 spiro atoms. The largest absolute Gasteiger partial charge is 0.346 e. The number of nitrogens with zero attached hydrogens (tertiary/aromatic N) is 2. The molecule has 1 heterocycles. The van der Waals surface area contributed by atoms with E-state index in [2.05, 4.69) is 23.5 Å². The van der Waals surface area contributed by atoms with Crippen LogP contribution in [0.1, 0.15) is 25.5 Å². The molecule has 0 bridgehead atoms. The van der Waals surface area contributed by atoms with Gasteiger partial charge in [0.2, 0.25) is 0 Å². The second-order valence-electron chi connectivity index (χ2n) is 3.38. The van der Waals surface area contributed by atoms with Gasteiger partial charge in [-0.15, -0.1) is 0 Å². The molecule has 0 aliphatic rings. The van der Waals surface area contributed by atoms with Crippen molar-refractivity contribution >= 4 is 22.6 Å². The Labute approximate surface area is 93.2 Å². The van der Waals surface area contributed by atoms with Crippen LogP contribution in [0, 0.1) is 0 Å². The van der Waals surface area contributed by atoms with Crippen LogP contribution in [-0.2, 0) is 4.84 Å². The number of carbonyl (C=O) groups is 1. The average Bonchev–Trinajstić information content (AvgIpc) is 2.65. The van der Waals surface area contributed by atoms with Crippen LogP contribution in [0.15, 0.2) is 6.07 Å². The number of hydrogen-bond acceptors (Lipinski definition) is 4. The van der Waals surface area contributed by atoms with E-state index in [1.165, 1.54) is 18.6 Å². The summed E-state index contributed by atoms with van der Waals surface area (Å²) < 4.78 is 4.22. The van der Waals surface area contributed by atoms with E-state index < -0.39 is 0 Å². The van der Waals surface area contributed by atoms with Crippen molar-refractivity contribution in [3.8, 4) is 0 Å². The Hall–Kier alpha value is -1.14. The van der Waals surface area contributed by atoms with Gasteiger partial charge in [-0.3, -0.25) is 10.2 Å². The maximum atomic E-state index is 11.4. The molecule has 0 aliphatic carbocycles. The number of rotatable bonds is 3. The number of aromatic nitrogens is 1. The van der Waals surface area contributed by atoms with E-state index in [0.29, 0.717) is 5.92 Å².